The first-order valence-electron chi connectivity index (χ1n) is 6.07. The van der Waals surface area contributed by atoms with Crippen LogP contribution in [0.2, 0.25) is 0 Å². The summed E-state index contributed by atoms with van der Waals surface area (Å²) >= 11 is 0. The van der Waals surface area contributed by atoms with Gasteiger partial charge in [-0.05, 0) is 12.1 Å². The lowest BCUT2D eigenvalue weighted by Gasteiger charge is -2.22. The second kappa shape index (κ2) is 5.71. The van der Waals surface area contributed by atoms with Crippen molar-refractivity contribution in [3.05, 3.63) is 24.3 Å². The molecule has 19 heavy (non-hydrogen) atoms. The number of fused-ring (bicyclic) bond motifs is 1. The van der Waals surface area contributed by atoms with E-state index in [2.05, 4.69) is 5.43 Å². The topological polar surface area (TPSA) is 61.9 Å². The number of hydrazine groups is 1. The van der Waals surface area contributed by atoms with Crippen LogP contribution in [0.25, 0.3) is 0 Å². The smallest absolute Gasteiger partial charge is 0.254 e. The number of carbonyl (C=O) groups excluding carboxylic acids is 2. The highest BCUT2D eigenvalue weighted by atomic mass is 16.5. The van der Waals surface area contributed by atoms with E-state index in [1.807, 2.05) is 12.1 Å². The first kappa shape index (κ1) is 13.4. The van der Waals surface area contributed by atoms with Crippen LogP contribution in [-0.2, 0) is 9.59 Å². The van der Waals surface area contributed by atoms with Gasteiger partial charge in [-0.3, -0.25) is 19.9 Å². The van der Waals surface area contributed by atoms with Gasteiger partial charge in [0, 0.05) is 14.1 Å². The third kappa shape index (κ3) is 3.23. The molecule has 1 aromatic rings. The Morgan fingerprint density at radius 1 is 1.42 bits per heavy atom. The molecule has 0 aromatic heterocycles. The number of amides is 2. The number of ether oxygens (including phenoxy) is 1. The van der Waals surface area contributed by atoms with Crippen molar-refractivity contribution in [3.8, 4) is 5.75 Å². The fraction of sp³-hybridized carbons (Fsp3) is 0.385. The van der Waals surface area contributed by atoms with Gasteiger partial charge in [0.15, 0.2) is 0 Å². The molecule has 1 aliphatic rings. The monoisotopic (exact) mass is 263 g/mol. The van der Waals surface area contributed by atoms with Gasteiger partial charge >= 0.3 is 0 Å². The molecule has 1 N–H and O–H groups in total. The maximum absolute atomic E-state index is 12.1. The molecule has 102 valence electrons. The molecule has 0 fully saturated rings. The van der Waals surface area contributed by atoms with E-state index < -0.39 is 0 Å². The van der Waals surface area contributed by atoms with Gasteiger partial charge in [-0.1, -0.05) is 12.1 Å². The Hall–Kier alpha value is -2.08. The van der Waals surface area contributed by atoms with Crippen LogP contribution in [0, 0.1) is 0 Å². The quantitative estimate of drug-likeness (QED) is 0.802. The van der Waals surface area contributed by atoms with Gasteiger partial charge in [0.25, 0.3) is 5.91 Å². The Labute approximate surface area is 111 Å². The lowest BCUT2D eigenvalue weighted by molar-refractivity contribution is -0.126. The molecule has 6 heteroatoms. The summed E-state index contributed by atoms with van der Waals surface area (Å²) in [6.45, 7) is 0.318. The molecule has 0 radical (unpaired) electrons. The van der Waals surface area contributed by atoms with Gasteiger partial charge in [-0.15, -0.1) is 0 Å². The number of para-hydroxylation sites is 2. The number of anilines is 1. The number of nitrogens with zero attached hydrogens (tertiary/aromatic N) is 2. The summed E-state index contributed by atoms with van der Waals surface area (Å²) in [5.41, 5.74) is 3.26. The molecule has 0 unspecified atom stereocenters. The summed E-state index contributed by atoms with van der Waals surface area (Å²) in [5, 5.41) is 1.55. The summed E-state index contributed by atoms with van der Waals surface area (Å²) in [6, 6.07) is 7.23. The highest BCUT2D eigenvalue weighted by Crippen LogP contribution is 2.30. The van der Waals surface area contributed by atoms with E-state index in [0.717, 1.165) is 0 Å². The number of rotatable bonds is 3. The van der Waals surface area contributed by atoms with Crippen molar-refractivity contribution in [3.63, 3.8) is 0 Å². The molecule has 1 aromatic carbocycles. The van der Waals surface area contributed by atoms with Crippen LogP contribution in [0.5, 0.6) is 5.75 Å². The van der Waals surface area contributed by atoms with Gasteiger partial charge in [0.05, 0.1) is 18.7 Å². The van der Waals surface area contributed by atoms with Crippen molar-refractivity contribution in [1.29, 1.82) is 0 Å². The molecule has 0 atom stereocenters. The zero-order valence-electron chi connectivity index (χ0n) is 11.0. The first-order valence-corrected chi connectivity index (χ1v) is 6.07. The molecule has 1 heterocycles. The standard InChI is InChI=1S/C13H17N3O3/c1-15(2)14-12(17)9-16-10-5-3-4-6-11(10)19-8-7-13(16)18/h3-6H,7-9H2,1-2H3,(H,14,17). The minimum Gasteiger partial charge on any atom is -0.491 e. The number of benzene rings is 1. The van der Waals surface area contributed by atoms with E-state index in [1.54, 1.807) is 31.2 Å². The number of hydrogen-bond acceptors (Lipinski definition) is 4. The molecule has 2 rings (SSSR count). The van der Waals surface area contributed by atoms with Crippen LogP contribution in [-0.4, -0.2) is 44.1 Å². The van der Waals surface area contributed by atoms with Gasteiger partial charge in [0.1, 0.15) is 12.3 Å². The van der Waals surface area contributed by atoms with Crippen molar-refractivity contribution < 1.29 is 14.3 Å². The van der Waals surface area contributed by atoms with Gasteiger partial charge in [-0.2, -0.15) is 0 Å². The number of carbonyl (C=O) groups is 2. The van der Waals surface area contributed by atoms with E-state index in [1.165, 1.54) is 4.90 Å². The summed E-state index contributed by atoms with van der Waals surface area (Å²) in [7, 11) is 3.44. The number of hydrogen-bond donors (Lipinski definition) is 1. The second-order valence-electron chi connectivity index (χ2n) is 4.48. The zero-order chi connectivity index (χ0) is 13.8. The normalized spacial score (nSPS) is 14.7. The van der Waals surface area contributed by atoms with Crippen LogP contribution in [0.4, 0.5) is 5.69 Å². The van der Waals surface area contributed by atoms with E-state index in [-0.39, 0.29) is 24.8 Å². The van der Waals surface area contributed by atoms with E-state index in [9.17, 15) is 9.59 Å². The molecule has 2 amide bonds. The molecular formula is C13H17N3O3. The Morgan fingerprint density at radius 3 is 2.89 bits per heavy atom. The summed E-state index contributed by atoms with van der Waals surface area (Å²) in [5.74, 6) is 0.278. The molecule has 0 spiro atoms. The summed E-state index contributed by atoms with van der Waals surface area (Å²) in [4.78, 5) is 25.3. The van der Waals surface area contributed by atoms with E-state index in [4.69, 9.17) is 4.74 Å². The molecule has 0 saturated heterocycles. The van der Waals surface area contributed by atoms with Crippen molar-refractivity contribution in [1.82, 2.24) is 10.4 Å². The average molecular weight is 263 g/mol. The van der Waals surface area contributed by atoms with Crippen molar-refractivity contribution in [2.45, 2.75) is 6.42 Å². The predicted octanol–water partition coefficient (Wildman–Crippen LogP) is 0.395. The molecule has 0 saturated carbocycles. The fourth-order valence-corrected chi connectivity index (χ4v) is 1.92. The van der Waals surface area contributed by atoms with Crippen molar-refractivity contribution in [2.75, 3.05) is 32.1 Å². The summed E-state index contributed by atoms with van der Waals surface area (Å²) in [6.07, 6.45) is 0.268. The predicted molar refractivity (Wildman–Crippen MR) is 70.7 cm³/mol. The van der Waals surface area contributed by atoms with Crippen molar-refractivity contribution >= 4 is 17.5 Å². The first-order chi connectivity index (χ1) is 9.08. The second-order valence-corrected chi connectivity index (χ2v) is 4.48. The molecular weight excluding hydrogens is 246 g/mol. The van der Waals surface area contributed by atoms with Crippen LogP contribution < -0.4 is 15.1 Å². The van der Waals surface area contributed by atoms with Gasteiger partial charge < -0.3 is 4.74 Å². The van der Waals surface area contributed by atoms with Gasteiger partial charge in [-0.25, -0.2) is 5.01 Å². The van der Waals surface area contributed by atoms with Crippen LogP contribution in [0.15, 0.2) is 24.3 Å². The van der Waals surface area contributed by atoms with E-state index >= 15 is 0 Å². The van der Waals surface area contributed by atoms with Crippen LogP contribution in [0.3, 0.4) is 0 Å². The Balaban J connectivity index is 2.21. The zero-order valence-corrected chi connectivity index (χ0v) is 11.0. The van der Waals surface area contributed by atoms with Crippen LogP contribution >= 0.6 is 0 Å². The highest BCUT2D eigenvalue weighted by molar-refractivity contribution is 6.00. The fourth-order valence-electron chi connectivity index (χ4n) is 1.92. The van der Waals surface area contributed by atoms with E-state index in [0.29, 0.717) is 18.0 Å². The summed E-state index contributed by atoms with van der Waals surface area (Å²) < 4.78 is 5.51. The third-order valence-corrected chi connectivity index (χ3v) is 2.68. The Bertz CT molecular complexity index is 488. The molecule has 6 nitrogen and oxygen atoms in total. The SMILES string of the molecule is CN(C)NC(=O)CN1C(=O)CCOc2ccccc21. The van der Waals surface area contributed by atoms with Gasteiger partial charge in [0.2, 0.25) is 5.91 Å². The Kier molecular flexibility index (Phi) is 4.01. The molecule has 0 bridgehead atoms. The number of nitrogens with one attached hydrogen (secondary N) is 1. The maximum atomic E-state index is 12.1. The molecule has 0 aliphatic carbocycles. The lowest BCUT2D eigenvalue weighted by atomic mass is 10.2. The van der Waals surface area contributed by atoms with Crippen LogP contribution in [0.1, 0.15) is 6.42 Å². The minimum absolute atomic E-state index is 0.0165. The average Bonchev–Trinajstić information content (AvgIpc) is 2.49. The maximum Gasteiger partial charge on any atom is 0.254 e. The Morgan fingerprint density at radius 2 is 2.16 bits per heavy atom. The lowest BCUT2D eigenvalue weighted by Crippen LogP contribution is -2.45. The van der Waals surface area contributed by atoms with Crippen molar-refractivity contribution in [2.24, 2.45) is 0 Å². The molecule has 1 aliphatic heterocycles. The highest BCUT2D eigenvalue weighted by Gasteiger charge is 2.24. The largest absolute Gasteiger partial charge is 0.491 e. The minimum atomic E-state index is -0.241. The third-order valence-electron chi connectivity index (χ3n) is 2.68.